The number of anilines is 2. The first-order chi connectivity index (χ1) is 9.94. The molecule has 5 heteroatoms. The quantitative estimate of drug-likeness (QED) is 0.650. The fourth-order valence-corrected chi connectivity index (χ4v) is 3.71. The number of rotatable bonds is 2. The summed E-state index contributed by atoms with van der Waals surface area (Å²) in [5.41, 5.74) is 4.73. The summed E-state index contributed by atoms with van der Waals surface area (Å²) in [5, 5.41) is 4.72. The van der Waals surface area contributed by atoms with Crippen LogP contribution in [-0.4, -0.2) is 9.97 Å². The number of fused-ring (bicyclic) bond motifs is 1. The lowest BCUT2D eigenvalue weighted by atomic mass is 10.1. The molecule has 0 aliphatic rings. The lowest BCUT2D eigenvalue weighted by molar-refractivity contribution is 1.22. The molecule has 3 aromatic rings. The van der Waals surface area contributed by atoms with Gasteiger partial charge in [-0.2, -0.15) is 4.98 Å². The van der Waals surface area contributed by atoms with Crippen LogP contribution in [0.25, 0.3) is 10.2 Å². The molecule has 0 spiro atoms. The van der Waals surface area contributed by atoms with Gasteiger partial charge in [-0.3, -0.25) is 0 Å². The molecule has 0 saturated carbocycles. The maximum absolute atomic E-state index is 6.05. The normalized spacial score (nSPS) is 11.1. The number of nitrogens with one attached hydrogen (secondary N) is 1. The van der Waals surface area contributed by atoms with Crippen molar-refractivity contribution in [1.29, 1.82) is 0 Å². The van der Waals surface area contributed by atoms with Gasteiger partial charge in [-0.05, 0) is 56.5 Å². The molecule has 2 heterocycles. The molecule has 108 valence electrons. The second-order valence-corrected chi connectivity index (χ2v) is 6.89. The van der Waals surface area contributed by atoms with Crippen LogP contribution in [0.4, 0.5) is 11.5 Å². The SMILES string of the molecule is Cc1cc(C)c(Nc2nc(Cl)nc3sc(C)cc23)c(C)c1. The molecule has 3 rings (SSSR count). The minimum absolute atomic E-state index is 0.272. The van der Waals surface area contributed by atoms with E-state index in [4.69, 9.17) is 11.6 Å². The summed E-state index contributed by atoms with van der Waals surface area (Å²) in [6.07, 6.45) is 0. The van der Waals surface area contributed by atoms with Gasteiger partial charge < -0.3 is 5.32 Å². The first-order valence-corrected chi connectivity index (χ1v) is 7.92. The van der Waals surface area contributed by atoms with Gasteiger partial charge in [-0.15, -0.1) is 11.3 Å². The third-order valence-corrected chi connectivity index (χ3v) is 4.52. The van der Waals surface area contributed by atoms with Crippen molar-refractivity contribution in [3.8, 4) is 0 Å². The van der Waals surface area contributed by atoms with Crippen LogP contribution in [0.15, 0.2) is 18.2 Å². The number of hydrogen-bond acceptors (Lipinski definition) is 4. The summed E-state index contributed by atoms with van der Waals surface area (Å²) in [4.78, 5) is 10.8. The van der Waals surface area contributed by atoms with Gasteiger partial charge in [-0.25, -0.2) is 4.98 Å². The Kier molecular flexibility index (Phi) is 3.59. The van der Waals surface area contributed by atoms with E-state index in [0.717, 1.165) is 21.7 Å². The molecule has 21 heavy (non-hydrogen) atoms. The second kappa shape index (κ2) is 5.28. The van der Waals surface area contributed by atoms with Crippen molar-refractivity contribution in [1.82, 2.24) is 9.97 Å². The van der Waals surface area contributed by atoms with E-state index in [1.54, 1.807) is 11.3 Å². The molecular weight excluding hydrogens is 302 g/mol. The van der Waals surface area contributed by atoms with Crippen LogP contribution in [0.1, 0.15) is 21.6 Å². The van der Waals surface area contributed by atoms with E-state index in [1.807, 2.05) is 0 Å². The first kappa shape index (κ1) is 14.3. The van der Waals surface area contributed by atoms with Crippen LogP contribution in [0.5, 0.6) is 0 Å². The molecule has 2 aromatic heterocycles. The van der Waals surface area contributed by atoms with E-state index < -0.39 is 0 Å². The van der Waals surface area contributed by atoms with Crippen molar-refractivity contribution in [2.75, 3.05) is 5.32 Å². The molecule has 0 saturated heterocycles. The summed E-state index contributed by atoms with van der Waals surface area (Å²) in [7, 11) is 0. The zero-order valence-corrected chi connectivity index (χ0v) is 14.0. The van der Waals surface area contributed by atoms with Gasteiger partial charge in [0.25, 0.3) is 0 Å². The minimum Gasteiger partial charge on any atom is -0.339 e. The summed E-state index contributed by atoms with van der Waals surface area (Å²) in [5.74, 6) is 0.768. The highest BCUT2D eigenvalue weighted by Gasteiger charge is 2.12. The zero-order chi connectivity index (χ0) is 15.1. The van der Waals surface area contributed by atoms with Gasteiger partial charge in [0.1, 0.15) is 10.6 Å². The summed E-state index contributed by atoms with van der Waals surface area (Å²) in [6.45, 7) is 8.36. The highest BCUT2D eigenvalue weighted by Crippen LogP contribution is 2.33. The number of thiophene rings is 1. The molecule has 1 N–H and O–H groups in total. The van der Waals surface area contributed by atoms with Gasteiger partial charge in [0.15, 0.2) is 0 Å². The molecule has 0 bridgehead atoms. The van der Waals surface area contributed by atoms with Crippen LogP contribution >= 0.6 is 22.9 Å². The molecule has 0 aliphatic heterocycles. The Labute approximate surface area is 133 Å². The van der Waals surface area contributed by atoms with E-state index in [-0.39, 0.29) is 5.28 Å². The summed E-state index contributed by atoms with van der Waals surface area (Å²) < 4.78 is 0. The van der Waals surface area contributed by atoms with Crippen molar-refractivity contribution in [3.05, 3.63) is 45.1 Å². The molecule has 0 radical (unpaired) electrons. The Morgan fingerprint density at radius 1 is 1.00 bits per heavy atom. The number of aryl methyl sites for hydroxylation is 4. The Morgan fingerprint density at radius 3 is 2.33 bits per heavy atom. The predicted octanol–water partition coefficient (Wildman–Crippen LogP) is 5.32. The monoisotopic (exact) mass is 317 g/mol. The number of halogens is 1. The summed E-state index contributed by atoms with van der Waals surface area (Å²) >= 11 is 7.67. The fraction of sp³-hybridized carbons (Fsp3) is 0.250. The highest BCUT2D eigenvalue weighted by atomic mass is 35.5. The molecule has 0 aliphatic carbocycles. The Morgan fingerprint density at radius 2 is 1.67 bits per heavy atom. The summed E-state index contributed by atoms with van der Waals surface area (Å²) in [6, 6.07) is 6.42. The molecule has 0 fully saturated rings. The topological polar surface area (TPSA) is 37.8 Å². The Hall–Kier alpha value is -1.65. The highest BCUT2D eigenvalue weighted by molar-refractivity contribution is 7.18. The van der Waals surface area contributed by atoms with Crippen LogP contribution < -0.4 is 5.32 Å². The number of benzene rings is 1. The van der Waals surface area contributed by atoms with Gasteiger partial charge in [0.05, 0.1) is 5.39 Å². The predicted molar refractivity (Wildman–Crippen MR) is 91.1 cm³/mol. The Balaban J connectivity index is 2.14. The van der Waals surface area contributed by atoms with Crippen molar-refractivity contribution in [2.45, 2.75) is 27.7 Å². The molecule has 0 atom stereocenters. The average Bonchev–Trinajstić information content (AvgIpc) is 2.73. The maximum atomic E-state index is 6.05. The second-order valence-electron chi connectivity index (χ2n) is 5.32. The van der Waals surface area contributed by atoms with Crippen LogP contribution in [0, 0.1) is 27.7 Å². The number of hydrogen-bond donors (Lipinski definition) is 1. The molecule has 0 unspecified atom stereocenters. The fourth-order valence-electron chi connectivity index (χ4n) is 2.61. The van der Waals surface area contributed by atoms with E-state index in [0.29, 0.717) is 0 Å². The molecular formula is C16H16ClN3S. The number of nitrogens with zero attached hydrogens (tertiary/aromatic N) is 2. The van der Waals surface area contributed by atoms with Gasteiger partial charge in [0, 0.05) is 10.6 Å². The van der Waals surface area contributed by atoms with Gasteiger partial charge in [0.2, 0.25) is 5.28 Å². The van der Waals surface area contributed by atoms with E-state index in [2.05, 4.69) is 61.2 Å². The smallest absolute Gasteiger partial charge is 0.225 e. The third-order valence-electron chi connectivity index (χ3n) is 3.41. The van der Waals surface area contributed by atoms with Crippen molar-refractivity contribution in [2.24, 2.45) is 0 Å². The standard InChI is InChI=1S/C16H16ClN3S/c1-8-5-9(2)13(10(3)6-8)18-14-12-7-11(4)21-15(12)20-16(17)19-14/h5-7H,1-4H3,(H,18,19,20). The Bertz CT molecular complexity index is 816. The van der Waals surface area contributed by atoms with Crippen molar-refractivity contribution in [3.63, 3.8) is 0 Å². The van der Waals surface area contributed by atoms with Crippen molar-refractivity contribution < 1.29 is 0 Å². The van der Waals surface area contributed by atoms with E-state index in [9.17, 15) is 0 Å². The van der Waals surface area contributed by atoms with Gasteiger partial charge >= 0.3 is 0 Å². The average molecular weight is 318 g/mol. The van der Waals surface area contributed by atoms with E-state index in [1.165, 1.54) is 21.6 Å². The first-order valence-electron chi connectivity index (χ1n) is 6.72. The van der Waals surface area contributed by atoms with Crippen LogP contribution in [-0.2, 0) is 0 Å². The van der Waals surface area contributed by atoms with Crippen LogP contribution in [0.3, 0.4) is 0 Å². The van der Waals surface area contributed by atoms with Crippen LogP contribution in [0.2, 0.25) is 5.28 Å². The number of aromatic nitrogens is 2. The maximum Gasteiger partial charge on any atom is 0.225 e. The van der Waals surface area contributed by atoms with Gasteiger partial charge in [-0.1, -0.05) is 17.7 Å². The largest absolute Gasteiger partial charge is 0.339 e. The van der Waals surface area contributed by atoms with Crippen molar-refractivity contribution >= 4 is 44.7 Å². The molecule has 0 amide bonds. The minimum atomic E-state index is 0.272. The third kappa shape index (κ3) is 2.74. The molecule has 3 nitrogen and oxygen atoms in total. The zero-order valence-electron chi connectivity index (χ0n) is 12.4. The molecule has 1 aromatic carbocycles. The van der Waals surface area contributed by atoms with E-state index >= 15 is 0 Å². The lowest BCUT2D eigenvalue weighted by Crippen LogP contribution is -2.00. The lowest BCUT2D eigenvalue weighted by Gasteiger charge is -2.14.